The number of carbonyl (C=O) groups is 2. The summed E-state index contributed by atoms with van der Waals surface area (Å²) in [6.07, 6.45) is 1.21. The van der Waals surface area contributed by atoms with Gasteiger partial charge in [0.25, 0.3) is 0 Å². The summed E-state index contributed by atoms with van der Waals surface area (Å²) in [5.74, 6) is -1.95. The van der Waals surface area contributed by atoms with Gasteiger partial charge in [-0.25, -0.2) is 0 Å². The molecule has 3 aliphatic carbocycles. The molecule has 1 spiro atoms. The number of nitrogens with one attached hydrogen (secondary N) is 1. The Labute approximate surface area is 226 Å². The molecule has 5 aliphatic rings. The Morgan fingerprint density at radius 1 is 1.03 bits per heavy atom. The SMILES string of the molecule is CC1NC(=O)C2C(=S(=O)=O)C(O)C3CC4(C)C(C)CCC5C(C)(C)C(=O)C(c6ccccc6)CC54OC3C12. The number of benzene rings is 1. The van der Waals surface area contributed by atoms with Crippen LogP contribution in [-0.4, -0.2) is 53.9 Å². The maximum atomic E-state index is 14.1. The van der Waals surface area contributed by atoms with Gasteiger partial charge in [-0.1, -0.05) is 58.0 Å². The summed E-state index contributed by atoms with van der Waals surface area (Å²) in [7, 11) is -2.68. The van der Waals surface area contributed by atoms with Crippen LogP contribution in [0.4, 0.5) is 0 Å². The number of hydrogen-bond acceptors (Lipinski definition) is 6. The van der Waals surface area contributed by atoms with Crippen molar-refractivity contribution in [2.45, 2.75) is 90.1 Å². The number of aliphatic hydroxyl groups is 1. The normalized spacial score (nSPS) is 47.3. The number of rotatable bonds is 1. The van der Waals surface area contributed by atoms with Gasteiger partial charge in [0.05, 0.1) is 28.6 Å². The Morgan fingerprint density at radius 2 is 1.71 bits per heavy atom. The zero-order valence-corrected chi connectivity index (χ0v) is 23.6. The monoisotopic (exact) mass is 541 g/mol. The maximum Gasteiger partial charge on any atom is 0.229 e. The van der Waals surface area contributed by atoms with Crippen LogP contribution in [0.1, 0.15) is 71.8 Å². The predicted molar refractivity (Wildman–Crippen MR) is 143 cm³/mol. The van der Waals surface area contributed by atoms with Crippen molar-refractivity contribution in [3.63, 3.8) is 0 Å². The molecule has 2 N–H and O–H groups in total. The summed E-state index contributed by atoms with van der Waals surface area (Å²) < 4.78 is 32.1. The van der Waals surface area contributed by atoms with Gasteiger partial charge in [-0.15, -0.1) is 0 Å². The van der Waals surface area contributed by atoms with Crippen molar-refractivity contribution in [1.82, 2.24) is 5.32 Å². The first-order valence-electron chi connectivity index (χ1n) is 14.1. The Kier molecular flexibility index (Phi) is 5.85. The summed E-state index contributed by atoms with van der Waals surface area (Å²) in [5.41, 5.74) is -0.657. The van der Waals surface area contributed by atoms with E-state index in [1.807, 2.05) is 37.3 Å². The van der Waals surface area contributed by atoms with E-state index in [1.54, 1.807) is 0 Å². The van der Waals surface area contributed by atoms with Crippen LogP contribution in [0.3, 0.4) is 0 Å². The van der Waals surface area contributed by atoms with Crippen LogP contribution in [0.2, 0.25) is 0 Å². The molecule has 0 aromatic heterocycles. The quantitative estimate of drug-likeness (QED) is 0.529. The molecule has 206 valence electrons. The lowest BCUT2D eigenvalue weighted by Crippen LogP contribution is -2.74. The first kappa shape index (κ1) is 26.2. The molecule has 5 fully saturated rings. The summed E-state index contributed by atoms with van der Waals surface area (Å²) in [6, 6.07) is 9.67. The fraction of sp³-hybridized carbons (Fsp3) is 0.700. The average molecular weight is 542 g/mol. The van der Waals surface area contributed by atoms with Gasteiger partial charge in [0, 0.05) is 35.1 Å². The molecular formula is C30H39NO6S. The number of ketones is 1. The second kappa shape index (κ2) is 8.48. The average Bonchev–Trinajstić information content (AvgIpc) is 3.15. The molecule has 2 aliphatic heterocycles. The van der Waals surface area contributed by atoms with Gasteiger partial charge in [0.2, 0.25) is 16.2 Å². The zero-order valence-electron chi connectivity index (χ0n) is 22.8. The first-order valence-corrected chi connectivity index (χ1v) is 15.1. The fourth-order valence-electron chi connectivity index (χ4n) is 9.57. The molecule has 3 saturated carbocycles. The van der Waals surface area contributed by atoms with E-state index in [9.17, 15) is 23.1 Å². The molecule has 1 amide bonds. The minimum absolute atomic E-state index is 0.0143. The highest BCUT2D eigenvalue weighted by Crippen LogP contribution is 2.69. The lowest BCUT2D eigenvalue weighted by atomic mass is 9.41. The second-order valence-corrected chi connectivity index (χ2v) is 14.4. The summed E-state index contributed by atoms with van der Waals surface area (Å²) in [6.45, 7) is 10.5. The number of hydrogen-bond donors (Lipinski definition) is 2. The summed E-state index contributed by atoms with van der Waals surface area (Å²) in [5, 5.41) is 14.4. The van der Waals surface area contributed by atoms with Gasteiger partial charge in [-0.05, 0) is 49.5 Å². The molecule has 11 atom stereocenters. The number of carbonyl (C=O) groups excluding carboxylic acids is 2. The van der Waals surface area contributed by atoms with Crippen molar-refractivity contribution in [3.05, 3.63) is 35.9 Å². The lowest BCUT2D eigenvalue weighted by Gasteiger charge is -2.70. The minimum Gasteiger partial charge on any atom is -0.387 e. The molecule has 2 saturated heterocycles. The largest absolute Gasteiger partial charge is 0.387 e. The third-order valence-corrected chi connectivity index (χ3v) is 12.5. The zero-order chi connectivity index (χ0) is 27.4. The Morgan fingerprint density at radius 3 is 2.37 bits per heavy atom. The summed E-state index contributed by atoms with van der Waals surface area (Å²) >= 11 is 0. The van der Waals surface area contributed by atoms with Crippen LogP contribution in [0.25, 0.3) is 0 Å². The van der Waals surface area contributed by atoms with E-state index in [-0.39, 0.29) is 45.8 Å². The highest BCUT2D eigenvalue weighted by molar-refractivity contribution is 7.73. The Bertz CT molecular complexity index is 1320. The van der Waals surface area contributed by atoms with Crippen LogP contribution in [0.5, 0.6) is 0 Å². The van der Waals surface area contributed by atoms with Crippen LogP contribution in [0.15, 0.2) is 30.3 Å². The van der Waals surface area contributed by atoms with Crippen molar-refractivity contribution in [2.24, 2.45) is 40.4 Å². The van der Waals surface area contributed by atoms with Crippen molar-refractivity contribution in [1.29, 1.82) is 0 Å². The van der Waals surface area contributed by atoms with E-state index < -0.39 is 51.3 Å². The number of Topliss-reactive ketones (excluding diaryl/α,β-unsaturated/α-hetero) is 1. The molecule has 0 bridgehead atoms. The Hall–Kier alpha value is -2.03. The van der Waals surface area contributed by atoms with Gasteiger partial charge in [-0.2, -0.15) is 8.42 Å². The molecule has 0 radical (unpaired) electrons. The predicted octanol–water partition coefficient (Wildman–Crippen LogP) is 3.14. The molecule has 8 heteroatoms. The highest BCUT2D eigenvalue weighted by atomic mass is 32.2. The second-order valence-electron chi connectivity index (χ2n) is 13.5. The standard InChI is InChI=1S/C30H39NO6S/c1-15-11-12-20-28(3,4)26(33)18(17-9-7-6-8-10-17)14-30(20)29(15,5)13-19-23(32)25(38(35)36)22-21(24(19)37-30)16(2)31-27(22)34/h6-10,15-16,18-24,32H,11-14H2,1-5H3,(H,31,34). The molecule has 11 unspecified atom stereocenters. The van der Waals surface area contributed by atoms with Crippen molar-refractivity contribution in [3.8, 4) is 0 Å². The van der Waals surface area contributed by atoms with Gasteiger partial charge < -0.3 is 15.2 Å². The van der Waals surface area contributed by atoms with E-state index in [1.165, 1.54) is 0 Å². The van der Waals surface area contributed by atoms with E-state index in [2.05, 4.69) is 33.0 Å². The molecule has 1 aromatic rings. The number of ether oxygens (including phenoxy) is 1. The van der Waals surface area contributed by atoms with Crippen molar-refractivity contribution >= 4 is 26.8 Å². The molecular weight excluding hydrogens is 502 g/mol. The van der Waals surface area contributed by atoms with Gasteiger partial charge in [0.1, 0.15) is 5.78 Å². The van der Waals surface area contributed by atoms with Crippen molar-refractivity contribution in [2.75, 3.05) is 0 Å². The van der Waals surface area contributed by atoms with Crippen LogP contribution >= 0.6 is 0 Å². The van der Waals surface area contributed by atoms with Crippen LogP contribution in [0, 0.1) is 40.4 Å². The third kappa shape index (κ3) is 3.23. The highest BCUT2D eigenvalue weighted by Gasteiger charge is 2.73. The number of fused-ring (bicyclic) bond motifs is 3. The van der Waals surface area contributed by atoms with Gasteiger partial charge in [-0.3, -0.25) is 9.59 Å². The van der Waals surface area contributed by atoms with Crippen LogP contribution < -0.4 is 5.32 Å². The van der Waals surface area contributed by atoms with E-state index in [4.69, 9.17) is 4.74 Å². The first-order chi connectivity index (χ1) is 17.8. The molecule has 1 aromatic carbocycles. The topological polar surface area (TPSA) is 110 Å². The minimum atomic E-state index is -2.68. The fourth-order valence-corrected chi connectivity index (χ4v) is 10.4. The van der Waals surface area contributed by atoms with Crippen molar-refractivity contribution < 1.29 is 27.9 Å². The lowest BCUT2D eigenvalue weighted by molar-refractivity contribution is -0.317. The maximum absolute atomic E-state index is 14.1. The molecule has 6 rings (SSSR count). The number of aliphatic hydroxyl groups excluding tert-OH is 1. The third-order valence-electron chi connectivity index (χ3n) is 11.7. The number of amides is 1. The molecule has 2 heterocycles. The van der Waals surface area contributed by atoms with E-state index in [0.29, 0.717) is 12.8 Å². The van der Waals surface area contributed by atoms with E-state index >= 15 is 0 Å². The van der Waals surface area contributed by atoms with E-state index in [0.717, 1.165) is 18.4 Å². The van der Waals surface area contributed by atoms with Gasteiger partial charge in [0.15, 0.2) is 0 Å². The molecule has 7 nitrogen and oxygen atoms in total. The molecule has 38 heavy (non-hydrogen) atoms. The van der Waals surface area contributed by atoms with Gasteiger partial charge >= 0.3 is 0 Å². The van der Waals surface area contributed by atoms with Crippen LogP contribution in [-0.2, 0) is 24.6 Å². The Balaban J connectivity index is 1.54. The smallest absolute Gasteiger partial charge is 0.229 e. The summed E-state index contributed by atoms with van der Waals surface area (Å²) in [4.78, 5) is 27.0.